The number of carbonyl (C=O) groups is 3. The Morgan fingerprint density at radius 1 is 0.508 bits per heavy atom. The molecule has 0 atom stereocenters. The summed E-state index contributed by atoms with van der Waals surface area (Å²) in [7, 11) is 3.95. The van der Waals surface area contributed by atoms with Gasteiger partial charge in [-0.05, 0) is 79.2 Å². The van der Waals surface area contributed by atoms with Gasteiger partial charge in [-0.15, -0.1) is 0 Å². The molecular formula is C45H39ClN10O3. The summed E-state index contributed by atoms with van der Waals surface area (Å²) in [6, 6.07) is 39.2. The van der Waals surface area contributed by atoms with Gasteiger partial charge in [0.2, 0.25) is 0 Å². The summed E-state index contributed by atoms with van der Waals surface area (Å²) in [4.78, 5) is 51.3. The summed E-state index contributed by atoms with van der Waals surface area (Å²) in [5.74, 6) is -0.656. The van der Waals surface area contributed by atoms with E-state index in [1.807, 2.05) is 162 Å². The minimum atomic E-state index is -0.244. The van der Waals surface area contributed by atoms with Gasteiger partial charge in [-0.3, -0.25) is 14.4 Å². The molecule has 6 aromatic heterocycles. The summed E-state index contributed by atoms with van der Waals surface area (Å²) in [6.45, 7) is 1.97. The third-order valence-electron chi connectivity index (χ3n) is 8.84. The van der Waals surface area contributed by atoms with E-state index in [0.717, 1.165) is 39.6 Å². The van der Waals surface area contributed by atoms with Crippen LogP contribution in [0.25, 0.3) is 16.9 Å². The van der Waals surface area contributed by atoms with Crippen molar-refractivity contribution in [1.82, 2.24) is 28.2 Å². The van der Waals surface area contributed by atoms with Gasteiger partial charge < -0.3 is 34.1 Å². The Balaban J connectivity index is 0.000000134. The number of aromatic nitrogens is 6. The average Bonchev–Trinajstić information content (AvgIpc) is 4.00. The van der Waals surface area contributed by atoms with Crippen LogP contribution in [0.4, 0.5) is 22.7 Å². The topological polar surface area (TPSA) is 142 Å². The van der Waals surface area contributed by atoms with Crippen molar-refractivity contribution in [2.45, 2.75) is 6.92 Å². The summed E-state index contributed by atoms with van der Waals surface area (Å²) in [5.41, 5.74) is 7.76. The van der Waals surface area contributed by atoms with Crippen molar-refractivity contribution in [3.8, 4) is 0 Å². The maximum Gasteiger partial charge on any atom is 0.275 e. The van der Waals surface area contributed by atoms with Gasteiger partial charge in [0.1, 0.15) is 34.0 Å². The number of para-hydroxylation sites is 3. The first-order valence-corrected chi connectivity index (χ1v) is 18.8. The zero-order chi connectivity index (χ0) is 41.3. The number of carbonyl (C=O) groups excluding carboxylic acids is 3. The SMILES string of the molecule is CN(C)c1ccc2nc(C(=O)Nc3ccccc3)cn2c1.Cc1cccn2cc(C(=O)Nc3ccccc3)nc12.O=C(Nc1ccccc1)c1cn2cc(Cl)ccc2n1. The first kappa shape index (κ1) is 39.5. The number of aryl methyl sites for hydroxylation is 1. The lowest BCUT2D eigenvalue weighted by atomic mass is 10.3. The normalized spacial score (nSPS) is 10.6. The number of fused-ring (bicyclic) bond motifs is 3. The molecule has 0 unspecified atom stereocenters. The second-order valence-corrected chi connectivity index (χ2v) is 13.9. The number of hydrogen-bond donors (Lipinski definition) is 3. The van der Waals surface area contributed by atoms with Crippen LogP contribution in [0.3, 0.4) is 0 Å². The van der Waals surface area contributed by atoms with Crippen LogP contribution in [-0.2, 0) is 0 Å². The predicted octanol–water partition coefficient (Wildman–Crippen LogP) is 8.79. The Bertz CT molecular complexity index is 2870. The van der Waals surface area contributed by atoms with Gasteiger partial charge in [-0.25, -0.2) is 15.0 Å². The second-order valence-electron chi connectivity index (χ2n) is 13.4. The lowest BCUT2D eigenvalue weighted by Crippen LogP contribution is -2.12. The van der Waals surface area contributed by atoms with Crippen LogP contribution in [0.15, 0.2) is 165 Å². The van der Waals surface area contributed by atoms with Crippen LogP contribution in [0.1, 0.15) is 37.0 Å². The van der Waals surface area contributed by atoms with Crippen LogP contribution in [0.5, 0.6) is 0 Å². The number of hydrogen-bond acceptors (Lipinski definition) is 7. The molecule has 0 radical (unpaired) electrons. The van der Waals surface area contributed by atoms with Crippen molar-refractivity contribution in [2.24, 2.45) is 0 Å². The van der Waals surface area contributed by atoms with E-state index < -0.39 is 0 Å². The quantitative estimate of drug-likeness (QED) is 0.146. The fourth-order valence-corrected chi connectivity index (χ4v) is 6.01. The van der Waals surface area contributed by atoms with Crippen LogP contribution in [0, 0.1) is 6.92 Å². The number of nitrogens with zero attached hydrogens (tertiary/aromatic N) is 7. The molecule has 0 aliphatic heterocycles. The van der Waals surface area contributed by atoms with Crippen LogP contribution >= 0.6 is 11.6 Å². The van der Waals surface area contributed by atoms with Gasteiger partial charge in [0.25, 0.3) is 17.7 Å². The minimum Gasteiger partial charge on any atom is -0.376 e. The Kier molecular flexibility index (Phi) is 12.0. The Morgan fingerprint density at radius 3 is 1.42 bits per heavy atom. The van der Waals surface area contributed by atoms with E-state index in [2.05, 4.69) is 30.9 Å². The van der Waals surface area contributed by atoms with Crippen molar-refractivity contribution >= 4 is 69.0 Å². The second kappa shape index (κ2) is 18.0. The molecule has 13 nitrogen and oxygen atoms in total. The Labute approximate surface area is 344 Å². The van der Waals surface area contributed by atoms with Crippen LogP contribution < -0.4 is 20.9 Å². The molecule has 0 saturated carbocycles. The van der Waals surface area contributed by atoms with Gasteiger partial charge >= 0.3 is 0 Å². The third-order valence-corrected chi connectivity index (χ3v) is 9.06. The fraction of sp³-hybridized carbons (Fsp3) is 0.0667. The summed E-state index contributed by atoms with van der Waals surface area (Å²) in [5, 5.41) is 9.04. The highest BCUT2D eigenvalue weighted by Gasteiger charge is 2.14. The highest BCUT2D eigenvalue weighted by Crippen LogP contribution is 2.17. The fourth-order valence-electron chi connectivity index (χ4n) is 5.84. The maximum absolute atomic E-state index is 12.2. The molecule has 294 valence electrons. The largest absolute Gasteiger partial charge is 0.376 e. The van der Waals surface area contributed by atoms with E-state index in [1.54, 1.807) is 41.3 Å². The summed E-state index contributed by atoms with van der Waals surface area (Å²) in [6.07, 6.45) is 10.7. The zero-order valence-corrected chi connectivity index (χ0v) is 33.1. The first-order valence-electron chi connectivity index (χ1n) is 18.4. The van der Waals surface area contributed by atoms with Gasteiger partial charge in [0.15, 0.2) is 0 Å². The molecule has 9 aromatic rings. The number of imidazole rings is 3. The standard InChI is InChI=1S/C16H16N4O.C15H13N3O.C14H10ClN3O/c1-19(2)13-8-9-15-18-14(11-20(15)10-13)16(21)17-12-6-4-3-5-7-12;1-11-6-5-9-18-10-13(17-14(11)18)15(19)16-12-7-3-2-4-8-12;15-10-6-7-13-17-12(9-18(13)8-10)14(19)16-11-4-2-1-3-5-11/h3-11H,1-2H3,(H,17,21);2-10H,1H3,(H,16,19);1-9H,(H,16,19). The van der Waals surface area contributed by atoms with Crippen molar-refractivity contribution in [1.29, 1.82) is 0 Å². The minimum absolute atomic E-state index is 0.200. The monoisotopic (exact) mass is 802 g/mol. The number of nitrogens with one attached hydrogen (secondary N) is 3. The highest BCUT2D eigenvalue weighted by atomic mass is 35.5. The van der Waals surface area contributed by atoms with Crippen molar-refractivity contribution < 1.29 is 14.4 Å². The van der Waals surface area contributed by atoms with Crippen molar-refractivity contribution in [2.75, 3.05) is 34.9 Å². The molecule has 0 saturated heterocycles. The number of amides is 3. The van der Waals surface area contributed by atoms with E-state index in [9.17, 15) is 14.4 Å². The van der Waals surface area contributed by atoms with Gasteiger partial charge in [-0.1, -0.05) is 72.3 Å². The smallest absolute Gasteiger partial charge is 0.275 e. The average molecular weight is 803 g/mol. The molecule has 3 amide bonds. The van der Waals surface area contributed by atoms with Crippen LogP contribution in [0.2, 0.25) is 5.02 Å². The molecule has 9 rings (SSSR count). The summed E-state index contributed by atoms with van der Waals surface area (Å²) < 4.78 is 5.44. The maximum atomic E-state index is 12.2. The van der Waals surface area contributed by atoms with E-state index in [4.69, 9.17) is 11.6 Å². The molecule has 0 aliphatic carbocycles. The van der Waals surface area contributed by atoms with E-state index in [0.29, 0.717) is 27.8 Å². The number of pyridine rings is 3. The summed E-state index contributed by atoms with van der Waals surface area (Å²) >= 11 is 5.89. The molecule has 59 heavy (non-hydrogen) atoms. The lowest BCUT2D eigenvalue weighted by Gasteiger charge is -2.11. The molecule has 14 heteroatoms. The molecule has 0 aliphatic rings. The first-order chi connectivity index (χ1) is 28.6. The lowest BCUT2D eigenvalue weighted by molar-refractivity contribution is 0.101. The Hall–Kier alpha value is -7.77. The molecule has 6 heterocycles. The molecule has 3 N–H and O–H groups in total. The van der Waals surface area contributed by atoms with E-state index >= 15 is 0 Å². The highest BCUT2D eigenvalue weighted by molar-refractivity contribution is 6.30. The van der Waals surface area contributed by atoms with Gasteiger partial charge in [-0.2, -0.15) is 0 Å². The number of anilines is 4. The van der Waals surface area contributed by atoms with Crippen molar-refractivity contribution in [3.05, 3.63) is 192 Å². The predicted molar refractivity (Wildman–Crippen MR) is 233 cm³/mol. The molecule has 0 spiro atoms. The van der Waals surface area contributed by atoms with E-state index in [-0.39, 0.29) is 17.7 Å². The zero-order valence-electron chi connectivity index (χ0n) is 32.3. The van der Waals surface area contributed by atoms with Crippen LogP contribution in [-0.4, -0.2) is 60.0 Å². The number of rotatable bonds is 7. The van der Waals surface area contributed by atoms with Gasteiger partial charge in [0.05, 0.1) is 10.7 Å². The van der Waals surface area contributed by atoms with E-state index in [1.165, 1.54) is 0 Å². The number of benzene rings is 3. The molecule has 3 aromatic carbocycles. The molecule has 0 fully saturated rings. The molecule has 0 bridgehead atoms. The van der Waals surface area contributed by atoms with Gasteiger partial charge in [0, 0.05) is 68.3 Å². The third kappa shape index (κ3) is 9.97. The van der Waals surface area contributed by atoms with Crippen molar-refractivity contribution in [3.63, 3.8) is 0 Å². The Morgan fingerprint density at radius 2 is 0.949 bits per heavy atom. The molecular weight excluding hydrogens is 764 g/mol. The number of halogens is 1.